The minimum atomic E-state index is -0.611. The van der Waals surface area contributed by atoms with Crippen molar-refractivity contribution in [2.75, 3.05) is 13.7 Å². The van der Waals surface area contributed by atoms with Crippen LogP contribution in [0.25, 0.3) is 0 Å². The van der Waals surface area contributed by atoms with Crippen LogP contribution in [-0.4, -0.2) is 36.2 Å². The highest BCUT2D eigenvalue weighted by molar-refractivity contribution is 5.94. The number of ether oxygens (including phenoxy) is 2. The number of hydrogen-bond donors (Lipinski definition) is 0. The first-order chi connectivity index (χ1) is 9.81. The molecule has 0 bridgehead atoms. The van der Waals surface area contributed by atoms with Gasteiger partial charge in [-0.15, -0.1) is 0 Å². The molecule has 1 aliphatic rings. The van der Waals surface area contributed by atoms with Gasteiger partial charge in [-0.05, 0) is 32.4 Å². The molecule has 1 atom stereocenters. The molecule has 0 N–H and O–H groups in total. The number of imide groups is 1. The molecule has 21 heavy (non-hydrogen) atoms. The minimum Gasteiger partial charge on any atom is -0.496 e. The van der Waals surface area contributed by atoms with E-state index >= 15 is 0 Å². The molecule has 5 nitrogen and oxygen atoms in total. The van der Waals surface area contributed by atoms with E-state index in [0.717, 1.165) is 11.3 Å². The fraction of sp³-hybridized carbons (Fsp3) is 0.500. The van der Waals surface area contributed by atoms with E-state index in [1.165, 1.54) is 4.90 Å². The van der Waals surface area contributed by atoms with Crippen LogP contribution in [0.15, 0.2) is 24.3 Å². The Hall–Kier alpha value is -2.04. The van der Waals surface area contributed by atoms with Crippen molar-refractivity contribution in [3.05, 3.63) is 29.8 Å². The van der Waals surface area contributed by atoms with Crippen LogP contribution in [-0.2, 0) is 9.53 Å². The van der Waals surface area contributed by atoms with E-state index < -0.39 is 11.7 Å². The Bertz CT molecular complexity index is 547. The van der Waals surface area contributed by atoms with Gasteiger partial charge in [0, 0.05) is 18.9 Å². The normalized spacial score (nSPS) is 18.8. The Morgan fingerprint density at radius 3 is 2.57 bits per heavy atom. The van der Waals surface area contributed by atoms with Crippen LogP contribution in [0.1, 0.15) is 38.7 Å². The van der Waals surface area contributed by atoms with Crippen LogP contribution in [0.4, 0.5) is 4.79 Å². The lowest BCUT2D eigenvalue weighted by molar-refractivity contribution is -0.126. The smallest absolute Gasteiger partial charge is 0.417 e. The van der Waals surface area contributed by atoms with Crippen molar-refractivity contribution in [2.45, 2.75) is 38.7 Å². The van der Waals surface area contributed by atoms with E-state index in [1.54, 1.807) is 27.9 Å². The van der Waals surface area contributed by atoms with E-state index in [1.807, 2.05) is 24.3 Å². The second kappa shape index (κ2) is 5.76. The quantitative estimate of drug-likeness (QED) is 0.840. The first-order valence-electron chi connectivity index (χ1n) is 6.98. The first kappa shape index (κ1) is 15.4. The molecule has 0 radical (unpaired) electrons. The standard InChI is InChI=1S/C16H21NO4/c1-16(2,3)21-15(19)17-10-11(9-14(17)18)12-7-5-6-8-13(12)20-4/h5-8,11H,9-10H2,1-4H3/t11-/m0/s1. The lowest BCUT2D eigenvalue weighted by Crippen LogP contribution is -2.37. The molecule has 5 heteroatoms. The van der Waals surface area contributed by atoms with Crippen molar-refractivity contribution >= 4 is 12.0 Å². The van der Waals surface area contributed by atoms with Gasteiger partial charge in [-0.25, -0.2) is 9.69 Å². The Morgan fingerprint density at radius 2 is 1.95 bits per heavy atom. The summed E-state index contributed by atoms with van der Waals surface area (Å²) in [5, 5.41) is 0. The molecule has 0 saturated carbocycles. The Labute approximate surface area is 124 Å². The summed E-state index contributed by atoms with van der Waals surface area (Å²) in [6.07, 6.45) is -0.288. The molecule has 1 fully saturated rings. The number of hydrogen-bond acceptors (Lipinski definition) is 4. The highest BCUT2D eigenvalue weighted by atomic mass is 16.6. The van der Waals surface area contributed by atoms with E-state index in [9.17, 15) is 9.59 Å². The maximum absolute atomic E-state index is 12.1. The number of amides is 2. The number of para-hydroxylation sites is 1. The van der Waals surface area contributed by atoms with E-state index in [4.69, 9.17) is 9.47 Å². The molecule has 0 unspecified atom stereocenters. The first-order valence-corrected chi connectivity index (χ1v) is 6.98. The molecule has 1 aliphatic heterocycles. The number of carbonyl (C=O) groups excluding carboxylic acids is 2. The number of rotatable bonds is 2. The van der Waals surface area contributed by atoms with Crippen LogP contribution >= 0.6 is 0 Å². The number of nitrogens with zero attached hydrogens (tertiary/aromatic N) is 1. The average molecular weight is 291 g/mol. The van der Waals surface area contributed by atoms with Gasteiger partial charge < -0.3 is 9.47 Å². The molecule has 0 aliphatic carbocycles. The predicted molar refractivity (Wildman–Crippen MR) is 78.3 cm³/mol. The van der Waals surface area contributed by atoms with Crippen molar-refractivity contribution in [3.8, 4) is 5.75 Å². The van der Waals surface area contributed by atoms with Gasteiger partial charge >= 0.3 is 6.09 Å². The van der Waals surface area contributed by atoms with Gasteiger partial charge in [-0.3, -0.25) is 4.79 Å². The Kier molecular flexibility index (Phi) is 4.21. The largest absolute Gasteiger partial charge is 0.496 e. The fourth-order valence-electron chi connectivity index (χ4n) is 2.41. The van der Waals surface area contributed by atoms with Gasteiger partial charge in [-0.2, -0.15) is 0 Å². The zero-order valence-electron chi connectivity index (χ0n) is 12.9. The van der Waals surface area contributed by atoms with Crippen LogP contribution < -0.4 is 4.74 Å². The molecular formula is C16H21NO4. The van der Waals surface area contributed by atoms with Crippen molar-refractivity contribution in [1.29, 1.82) is 0 Å². The van der Waals surface area contributed by atoms with E-state index in [-0.39, 0.29) is 11.8 Å². The minimum absolute atomic E-state index is 0.0545. The lowest BCUT2D eigenvalue weighted by atomic mass is 9.97. The van der Waals surface area contributed by atoms with Crippen LogP contribution in [0.2, 0.25) is 0 Å². The summed E-state index contributed by atoms with van der Waals surface area (Å²) in [5.41, 5.74) is 0.333. The maximum Gasteiger partial charge on any atom is 0.417 e. The zero-order chi connectivity index (χ0) is 15.6. The maximum atomic E-state index is 12.1. The average Bonchev–Trinajstić information content (AvgIpc) is 2.79. The molecule has 0 aromatic heterocycles. The number of carbonyl (C=O) groups is 2. The van der Waals surface area contributed by atoms with Crippen LogP contribution in [0.3, 0.4) is 0 Å². The lowest BCUT2D eigenvalue weighted by Gasteiger charge is -2.23. The van der Waals surface area contributed by atoms with Crippen LogP contribution in [0, 0.1) is 0 Å². The van der Waals surface area contributed by atoms with Gasteiger partial charge in [0.25, 0.3) is 0 Å². The summed E-state index contributed by atoms with van der Waals surface area (Å²) in [6, 6.07) is 7.56. The van der Waals surface area contributed by atoms with Crippen molar-refractivity contribution in [2.24, 2.45) is 0 Å². The molecule has 114 valence electrons. The van der Waals surface area contributed by atoms with Gasteiger partial charge in [0.1, 0.15) is 11.4 Å². The summed E-state index contributed by atoms with van der Waals surface area (Å²) >= 11 is 0. The third kappa shape index (κ3) is 3.54. The second-order valence-electron chi connectivity index (χ2n) is 6.13. The highest BCUT2D eigenvalue weighted by Gasteiger charge is 2.37. The van der Waals surface area contributed by atoms with Gasteiger partial charge in [0.05, 0.1) is 7.11 Å². The molecule has 1 heterocycles. The topological polar surface area (TPSA) is 55.8 Å². The summed E-state index contributed by atoms with van der Waals surface area (Å²) in [7, 11) is 1.60. The van der Waals surface area contributed by atoms with Gasteiger partial charge in [0.2, 0.25) is 5.91 Å². The van der Waals surface area contributed by atoms with Gasteiger partial charge in [0.15, 0.2) is 0 Å². The van der Waals surface area contributed by atoms with Gasteiger partial charge in [-0.1, -0.05) is 18.2 Å². The molecule has 2 amide bonds. The summed E-state index contributed by atoms with van der Waals surface area (Å²) < 4.78 is 10.6. The molecule has 0 spiro atoms. The van der Waals surface area contributed by atoms with Crippen molar-refractivity contribution in [3.63, 3.8) is 0 Å². The highest BCUT2D eigenvalue weighted by Crippen LogP contribution is 2.34. The predicted octanol–water partition coefficient (Wildman–Crippen LogP) is 2.95. The Balaban J connectivity index is 2.14. The number of methoxy groups -OCH3 is 1. The molecular weight excluding hydrogens is 270 g/mol. The fourth-order valence-corrected chi connectivity index (χ4v) is 2.41. The summed E-state index contributed by atoms with van der Waals surface area (Å²) in [4.78, 5) is 25.3. The monoisotopic (exact) mass is 291 g/mol. The van der Waals surface area contributed by atoms with E-state index in [0.29, 0.717) is 13.0 Å². The van der Waals surface area contributed by atoms with Crippen LogP contribution in [0.5, 0.6) is 5.75 Å². The second-order valence-corrected chi connectivity index (χ2v) is 6.13. The molecule has 2 rings (SSSR count). The van der Waals surface area contributed by atoms with Crippen molar-refractivity contribution in [1.82, 2.24) is 4.90 Å². The van der Waals surface area contributed by atoms with Crippen molar-refractivity contribution < 1.29 is 19.1 Å². The summed E-state index contributed by atoms with van der Waals surface area (Å²) in [5.74, 6) is 0.475. The Morgan fingerprint density at radius 1 is 1.29 bits per heavy atom. The molecule has 1 aromatic carbocycles. The van der Waals surface area contributed by atoms with E-state index in [2.05, 4.69) is 0 Å². The number of benzene rings is 1. The SMILES string of the molecule is COc1ccccc1[C@H]1CC(=O)N(C(=O)OC(C)(C)C)C1. The number of likely N-dealkylation sites (tertiary alicyclic amines) is 1. The zero-order valence-corrected chi connectivity index (χ0v) is 12.9. The molecule has 1 saturated heterocycles. The third-order valence-corrected chi connectivity index (χ3v) is 3.32. The summed E-state index contributed by atoms with van der Waals surface area (Å²) in [6.45, 7) is 5.67. The third-order valence-electron chi connectivity index (χ3n) is 3.32. The molecule has 1 aromatic rings.